The number of aromatic nitrogens is 7. The fraction of sp³-hybridized carbons (Fsp3) is 0.524. The summed E-state index contributed by atoms with van der Waals surface area (Å²) in [6, 6.07) is 0. The number of aromatic amines is 1. The third-order valence-electron chi connectivity index (χ3n) is 7.42. The first-order valence-corrected chi connectivity index (χ1v) is 19.3. The van der Waals surface area contributed by atoms with Crippen molar-refractivity contribution in [2.45, 2.75) is 49.3 Å². The molecule has 0 spiro atoms. The van der Waals surface area contributed by atoms with E-state index in [0.29, 0.717) is 15.9 Å². The summed E-state index contributed by atoms with van der Waals surface area (Å²) in [6.07, 6.45) is -3.95. The summed E-state index contributed by atoms with van der Waals surface area (Å²) in [7, 11) is 1.37. The molecule has 9 atom stereocenters. The Labute approximate surface area is 267 Å². The summed E-state index contributed by atoms with van der Waals surface area (Å²) in [5, 5.41) is 0. The van der Waals surface area contributed by atoms with E-state index in [1.165, 1.54) is 24.3 Å². The lowest BCUT2D eigenvalue weighted by Crippen LogP contribution is -2.37. The Hall–Kier alpha value is -2.20. The second kappa shape index (κ2) is 11.8. The fourth-order valence-corrected chi connectivity index (χ4v) is 9.32. The Morgan fingerprint density at radius 3 is 2.56 bits per heavy atom. The maximum absolute atomic E-state index is 13.7. The van der Waals surface area contributed by atoms with Crippen molar-refractivity contribution in [3.05, 3.63) is 27.9 Å². The van der Waals surface area contributed by atoms with Gasteiger partial charge in [0.1, 0.15) is 41.8 Å². The van der Waals surface area contributed by atoms with Gasteiger partial charge in [-0.05, 0) is 11.5 Å². The van der Waals surface area contributed by atoms with Crippen LogP contribution in [0.15, 0.2) is 17.4 Å². The molecule has 7 heterocycles. The number of hydrogen-bond donors (Lipinski definition) is 5. The molecule has 7 rings (SSSR count). The molecule has 0 aliphatic carbocycles. The van der Waals surface area contributed by atoms with E-state index in [1.807, 2.05) is 0 Å². The number of nitrogens with two attached hydrogens (primary N) is 2. The number of ether oxygens (including phenoxy) is 3. The van der Waals surface area contributed by atoms with Crippen LogP contribution in [0.1, 0.15) is 23.6 Å². The lowest BCUT2D eigenvalue weighted by atomic mass is 10.1. The van der Waals surface area contributed by atoms with Gasteiger partial charge >= 0.3 is 13.6 Å². The number of imidazole rings is 1. The van der Waals surface area contributed by atoms with E-state index in [0.717, 1.165) is 11.5 Å². The number of thiol groups is 2. The van der Waals surface area contributed by atoms with E-state index < -0.39 is 62.0 Å². The number of hydrogen-bond acceptors (Lipinski definition) is 18. The topological polar surface area (TPSA) is 253 Å². The van der Waals surface area contributed by atoms with Gasteiger partial charge in [0, 0.05) is 13.5 Å². The summed E-state index contributed by atoms with van der Waals surface area (Å²) in [5.74, 6) is 0.0429. The molecule has 19 nitrogen and oxygen atoms in total. The molecular formula is C21H25N9O10P2S3. The van der Waals surface area contributed by atoms with Crippen LogP contribution in [0.3, 0.4) is 0 Å². The molecule has 3 fully saturated rings. The highest BCUT2D eigenvalue weighted by Crippen LogP contribution is 2.60. The average molecular weight is 722 g/mol. The number of anilines is 2. The molecule has 5 N–H and O–H groups in total. The molecule has 0 unspecified atom stereocenters. The van der Waals surface area contributed by atoms with Gasteiger partial charge in [-0.25, -0.2) is 24.1 Å². The van der Waals surface area contributed by atoms with Gasteiger partial charge in [-0.3, -0.25) is 32.4 Å². The van der Waals surface area contributed by atoms with E-state index in [-0.39, 0.29) is 42.6 Å². The van der Waals surface area contributed by atoms with Crippen molar-refractivity contribution in [2.24, 2.45) is 0 Å². The zero-order chi connectivity index (χ0) is 31.7. The van der Waals surface area contributed by atoms with Crippen LogP contribution in [0.2, 0.25) is 0 Å². The Morgan fingerprint density at radius 2 is 1.78 bits per heavy atom. The van der Waals surface area contributed by atoms with Crippen molar-refractivity contribution in [1.82, 2.24) is 33.9 Å². The second-order valence-corrected chi connectivity index (χ2v) is 16.7. The van der Waals surface area contributed by atoms with E-state index in [9.17, 15) is 13.9 Å². The van der Waals surface area contributed by atoms with E-state index in [4.69, 9.17) is 43.8 Å². The molecule has 3 aliphatic heterocycles. The lowest BCUT2D eigenvalue weighted by Gasteiger charge is -2.27. The Kier molecular flexibility index (Phi) is 8.23. The van der Waals surface area contributed by atoms with Gasteiger partial charge in [0.05, 0.1) is 36.6 Å². The van der Waals surface area contributed by atoms with Crippen LogP contribution >= 0.6 is 49.6 Å². The molecule has 242 valence electrons. The Balaban J connectivity index is 1.20. The number of nitrogens with zero attached hydrogens (tertiary/aromatic N) is 6. The number of H-pyrrole nitrogens is 1. The van der Waals surface area contributed by atoms with Crippen LogP contribution in [0.5, 0.6) is 0 Å². The van der Waals surface area contributed by atoms with Gasteiger partial charge in [0.15, 0.2) is 23.2 Å². The monoisotopic (exact) mass is 721 g/mol. The summed E-state index contributed by atoms with van der Waals surface area (Å²) in [5.41, 5.74) is 12.1. The van der Waals surface area contributed by atoms with Gasteiger partial charge < -0.3 is 25.7 Å². The minimum atomic E-state index is -4.20. The minimum absolute atomic E-state index is 0.0324. The first-order chi connectivity index (χ1) is 21.4. The van der Waals surface area contributed by atoms with E-state index >= 15 is 0 Å². The highest BCUT2D eigenvalue weighted by molar-refractivity contribution is 8.44. The molecule has 24 heteroatoms. The standard InChI is InChI=1S/C21H25N9O10P2S3/c1-34-14-10-4-36-41(32,43)39-7-2-8(16-11-12(29-45-16)17(22)25-5-24-11)37-9(7)3-35-42(33,44)40-15(14)20(38-10)30-6-26-13-18(30)27-21(23)28-19(13)31/h5-10,14-15,20H,2-4H2,1H3,(H,32,43)(H,33,44)(H2,22,24,25)(H3,23,27,28,31)/t7-,8+,9+,10+,14+,15+,20+,41+,42+/m0/s1. The minimum Gasteiger partial charge on any atom is -0.382 e. The molecule has 45 heavy (non-hydrogen) atoms. The molecule has 2 bridgehead atoms. The van der Waals surface area contributed by atoms with Crippen molar-refractivity contribution in [1.29, 1.82) is 0 Å². The molecule has 0 saturated carbocycles. The third kappa shape index (κ3) is 5.92. The lowest BCUT2D eigenvalue weighted by molar-refractivity contribution is -0.0545. The highest BCUT2D eigenvalue weighted by atomic mass is 32.7. The first kappa shape index (κ1) is 31.4. The maximum Gasteiger partial charge on any atom is 0.386 e. The molecule has 3 saturated heterocycles. The third-order valence-corrected chi connectivity index (χ3v) is 11.6. The average Bonchev–Trinajstić information content (AvgIpc) is 3.74. The van der Waals surface area contributed by atoms with Gasteiger partial charge in [0.25, 0.3) is 5.56 Å². The van der Waals surface area contributed by atoms with Crippen LogP contribution in [-0.4, -0.2) is 84.7 Å². The van der Waals surface area contributed by atoms with Crippen molar-refractivity contribution >= 4 is 83.6 Å². The van der Waals surface area contributed by atoms with Gasteiger partial charge in [-0.15, -0.1) is 0 Å². The Bertz CT molecular complexity index is 1930. The van der Waals surface area contributed by atoms with Gasteiger partial charge in [-0.2, -0.15) is 9.36 Å². The van der Waals surface area contributed by atoms with E-state index in [2.05, 4.69) is 53.8 Å². The summed E-state index contributed by atoms with van der Waals surface area (Å²) < 4.78 is 74.1. The van der Waals surface area contributed by atoms with Gasteiger partial charge in [0.2, 0.25) is 5.95 Å². The van der Waals surface area contributed by atoms with Crippen LogP contribution in [0.4, 0.5) is 11.8 Å². The molecule has 4 aromatic rings. The van der Waals surface area contributed by atoms with Crippen LogP contribution in [0.25, 0.3) is 22.2 Å². The van der Waals surface area contributed by atoms with Crippen molar-refractivity contribution < 1.29 is 41.4 Å². The smallest absolute Gasteiger partial charge is 0.382 e. The van der Waals surface area contributed by atoms with Crippen LogP contribution in [0, 0.1) is 0 Å². The Morgan fingerprint density at radius 1 is 1.02 bits per heavy atom. The van der Waals surface area contributed by atoms with Crippen LogP contribution in [-0.2, 0) is 41.4 Å². The molecule has 0 aromatic carbocycles. The predicted octanol–water partition coefficient (Wildman–Crippen LogP) is 2.02. The summed E-state index contributed by atoms with van der Waals surface area (Å²) in [6.45, 7) is -8.98. The SMILES string of the molecule is CO[C@H]1[C@H]2O[P@](=O)(S)OC[C@H]3O[C@@H](c4snc5c(N)ncnc45)C[C@@H]3O[P@](=O)(S)OC[C@H]1O[C@H]2n1cnc2c(=O)[nH]c(N)nc21. The zero-order valence-corrected chi connectivity index (χ0v) is 27.3. The van der Waals surface area contributed by atoms with E-state index in [1.54, 1.807) is 0 Å². The molecule has 0 amide bonds. The number of fused-ring (bicyclic) bond motifs is 5. The predicted molar refractivity (Wildman–Crippen MR) is 164 cm³/mol. The number of rotatable bonds is 3. The number of nitrogen functional groups attached to an aromatic ring is 2. The molecule has 0 radical (unpaired) electrons. The van der Waals surface area contributed by atoms with Crippen molar-refractivity contribution in [3.63, 3.8) is 0 Å². The highest BCUT2D eigenvalue weighted by Gasteiger charge is 2.52. The zero-order valence-electron chi connectivity index (χ0n) is 22.9. The molecule has 3 aliphatic rings. The van der Waals surface area contributed by atoms with Crippen molar-refractivity contribution in [3.8, 4) is 0 Å². The number of nitrogens with one attached hydrogen (secondary N) is 1. The first-order valence-electron chi connectivity index (χ1n) is 13.2. The summed E-state index contributed by atoms with van der Waals surface area (Å²) >= 11 is 9.53. The van der Waals surface area contributed by atoms with Gasteiger partial charge in [-0.1, -0.05) is 24.5 Å². The summed E-state index contributed by atoms with van der Waals surface area (Å²) in [4.78, 5) is 31.9. The number of methoxy groups -OCH3 is 1. The van der Waals surface area contributed by atoms with Crippen LogP contribution < -0.4 is 17.0 Å². The fourth-order valence-electron chi connectivity index (χ4n) is 5.47. The quantitative estimate of drug-likeness (QED) is 0.150. The largest absolute Gasteiger partial charge is 0.386 e. The molecule has 4 aromatic heterocycles. The maximum atomic E-state index is 13.7. The normalized spacial score (nSPS) is 36.0. The molecular weight excluding hydrogens is 696 g/mol. The van der Waals surface area contributed by atoms with Crippen molar-refractivity contribution in [2.75, 3.05) is 31.8 Å². The second-order valence-electron chi connectivity index (χ2n) is 10.2.